The van der Waals surface area contributed by atoms with E-state index in [2.05, 4.69) is 11.9 Å². The fourth-order valence-corrected chi connectivity index (χ4v) is 4.05. The molecule has 1 aliphatic rings. The Balaban J connectivity index is 1.76. The maximum Gasteiger partial charge on any atom is 0.193 e. The van der Waals surface area contributed by atoms with Crippen LogP contribution in [0.3, 0.4) is 0 Å². The van der Waals surface area contributed by atoms with Crippen LogP contribution in [0.5, 0.6) is 0 Å². The van der Waals surface area contributed by atoms with Crippen molar-refractivity contribution in [2.24, 2.45) is 0 Å². The first-order valence-corrected chi connectivity index (χ1v) is 9.23. The summed E-state index contributed by atoms with van der Waals surface area (Å²) in [5.41, 5.74) is 4.76. The van der Waals surface area contributed by atoms with Crippen molar-refractivity contribution in [2.75, 3.05) is 26.0 Å². The minimum Gasteiger partial charge on any atom is -0.339 e. The van der Waals surface area contributed by atoms with Crippen molar-refractivity contribution in [3.63, 3.8) is 0 Å². The number of aromatic nitrogens is 1. The van der Waals surface area contributed by atoms with Gasteiger partial charge in [-0.15, -0.1) is 0 Å². The predicted octanol–water partition coefficient (Wildman–Crippen LogP) is 3.70. The molecule has 4 nitrogen and oxygen atoms in total. The summed E-state index contributed by atoms with van der Waals surface area (Å²) in [6.07, 6.45) is 4.31. The largest absolute Gasteiger partial charge is 0.339 e. The van der Waals surface area contributed by atoms with Gasteiger partial charge in [-0.1, -0.05) is 24.3 Å². The molecule has 1 aliphatic heterocycles. The van der Waals surface area contributed by atoms with E-state index >= 15 is 0 Å². The number of carbonyl (C=O) groups excluding carboxylic acids is 1. The van der Waals surface area contributed by atoms with Gasteiger partial charge >= 0.3 is 0 Å². The number of nitrogens with zero attached hydrogens (tertiary/aromatic N) is 2. The van der Waals surface area contributed by atoms with Crippen molar-refractivity contribution in [1.82, 2.24) is 9.58 Å². The number of benzene rings is 2. The average Bonchev–Trinajstić information content (AvgIpc) is 2.98. The number of carbonyl (C=O) groups is 1. The SMILES string of the molecule is Cc1ccccc1C(=O)c1ccc2c(c1)c(C1CCN(C)CC1)cn2N. The molecule has 2 heterocycles. The molecule has 134 valence electrons. The molecule has 0 saturated carbocycles. The monoisotopic (exact) mass is 347 g/mol. The van der Waals surface area contributed by atoms with Crippen LogP contribution in [0.2, 0.25) is 0 Å². The Morgan fingerprint density at radius 3 is 2.58 bits per heavy atom. The lowest BCUT2D eigenvalue weighted by atomic mass is 9.88. The molecule has 0 atom stereocenters. The summed E-state index contributed by atoms with van der Waals surface area (Å²) >= 11 is 0. The number of nitrogen functional groups attached to an aromatic ring is 1. The second-order valence-corrected chi connectivity index (χ2v) is 7.45. The fourth-order valence-electron chi connectivity index (χ4n) is 4.05. The number of nitrogens with two attached hydrogens (primary N) is 1. The van der Waals surface area contributed by atoms with Crippen LogP contribution in [-0.4, -0.2) is 35.5 Å². The van der Waals surface area contributed by atoms with Crippen LogP contribution in [0.4, 0.5) is 0 Å². The topological polar surface area (TPSA) is 51.3 Å². The number of hydrogen-bond donors (Lipinski definition) is 1. The van der Waals surface area contributed by atoms with Gasteiger partial charge in [-0.25, -0.2) is 0 Å². The third kappa shape index (κ3) is 2.90. The molecule has 0 unspecified atom stereocenters. The van der Waals surface area contributed by atoms with E-state index in [4.69, 9.17) is 5.84 Å². The van der Waals surface area contributed by atoms with Gasteiger partial charge in [0, 0.05) is 22.7 Å². The molecule has 3 aromatic rings. The number of aryl methyl sites for hydroxylation is 1. The number of likely N-dealkylation sites (tertiary alicyclic amines) is 1. The number of piperidine rings is 1. The van der Waals surface area contributed by atoms with E-state index in [1.165, 1.54) is 5.56 Å². The molecule has 1 aromatic heterocycles. The van der Waals surface area contributed by atoms with E-state index in [0.29, 0.717) is 5.92 Å². The van der Waals surface area contributed by atoms with Crippen molar-refractivity contribution < 1.29 is 4.79 Å². The van der Waals surface area contributed by atoms with Gasteiger partial charge in [-0.05, 0) is 75.1 Å². The summed E-state index contributed by atoms with van der Waals surface area (Å²) in [5.74, 6) is 6.77. The smallest absolute Gasteiger partial charge is 0.193 e. The predicted molar refractivity (Wildman–Crippen MR) is 106 cm³/mol. The summed E-state index contributed by atoms with van der Waals surface area (Å²) in [4.78, 5) is 15.4. The highest BCUT2D eigenvalue weighted by molar-refractivity contribution is 6.11. The van der Waals surface area contributed by atoms with Gasteiger partial charge in [0.1, 0.15) is 0 Å². The summed E-state index contributed by atoms with van der Waals surface area (Å²) in [7, 11) is 2.17. The highest BCUT2D eigenvalue weighted by Crippen LogP contribution is 2.34. The summed E-state index contributed by atoms with van der Waals surface area (Å²) < 4.78 is 1.70. The van der Waals surface area contributed by atoms with E-state index in [1.807, 2.05) is 55.6 Å². The van der Waals surface area contributed by atoms with E-state index in [0.717, 1.165) is 53.5 Å². The van der Waals surface area contributed by atoms with Gasteiger partial charge < -0.3 is 10.7 Å². The van der Waals surface area contributed by atoms with E-state index in [1.54, 1.807) is 4.68 Å². The standard InChI is InChI=1S/C22H25N3O/c1-15-5-3-4-6-18(15)22(26)17-7-8-21-19(13-17)20(14-25(21)23)16-9-11-24(2)12-10-16/h3-8,13-14,16H,9-12,23H2,1-2H3. The van der Waals surface area contributed by atoms with Crippen LogP contribution in [0, 0.1) is 6.92 Å². The first-order valence-electron chi connectivity index (χ1n) is 9.23. The quantitative estimate of drug-likeness (QED) is 0.580. The van der Waals surface area contributed by atoms with Crippen LogP contribution < -0.4 is 5.84 Å². The molecular formula is C22H25N3O. The first-order chi connectivity index (χ1) is 12.5. The lowest BCUT2D eigenvalue weighted by Gasteiger charge is -2.28. The molecule has 2 aromatic carbocycles. The minimum atomic E-state index is 0.0732. The molecule has 1 fully saturated rings. The molecule has 0 bridgehead atoms. The normalized spacial score (nSPS) is 16.2. The van der Waals surface area contributed by atoms with Gasteiger partial charge in [-0.3, -0.25) is 9.47 Å². The minimum absolute atomic E-state index is 0.0732. The molecule has 26 heavy (non-hydrogen) atoms. The summed E-state index contributed by atoms with van der Waals surface area (Å²) in [5, 5.41) is 1.11. The summed E-state index contributed by atoms with van der Waals surface area (Å²) in [6, 6.07) is 13.6. The lowest BCUT2D eigenvalue weighted by molar-refractivity contribution is 0.103. The highest BCUT2D eigenvalue weighted by atomic mass is 16.1. The maximum atomic E-state index is 13.0. The van der Waals surface area contributed by atoms with Crippen LogP contribution in [-0.2, 0) is 0 Å². The van der Waals surface area contributed by atoms with Crippen LogP contribution in [0.15, 0.2) is 48.7 Å². The second-order valence-electron chi connectivity index (χ2n) is 7.45. The second kappa shape index (κ2) is 6.61. The zero-order valence-electron chi connectivity index (χ0n) is 15.4. The average molecular weight is 347 g/mol. The zero-order valence-corrected chi connectivity index (χ0v) is 15.4. The maximum absolute atomic E-state index is 13.0. The molecular weight excluding hydrogens is 322 g/mol. The van der Waals surface area contributed by atoms with Gasteiger partial charge in [0.05, 0.1) is 5.52 Å². The van der Waals surface area contributed by atoms with Crippen LogP contribution >= 0.6 is 0 Å². The number of rotatable bonds is 3. The zero-order chi connectivity index (χ0) is 18.3. The molecule has 2 N–H and O–H groups in total. The van der Waals surface area contributed by atoms with Crippen molar-refractivity contribution >= 4 is 16.7 Å². The number of ketones is 1. The summed E-state index contributed by atoms with van der Waals surface area (Å²) in [6.45, 7) is 4.18. The van der Waals surface area contributed by atoms with Gasteiger partial charge in [0.2, 0.25) is 0 Å². The van der Waals surface area contributed by atoms with Crippen molar-refractivity contribution in [2.45, 2.75) is 25.7 Å². The van der Waals surface area contributed by atoms with Gasteiger partial charge in [0.25, 0.3) is 0 Å². The third-order valence-electron chi connectivity index (χ3n) is 5.67. The Morgan fingerprint density at radius 1 is 1.12 bits per heavy atom. The Labute approximate surface area is 154 Å². The first kappa shape index (κ1) is 16.9. The third-order valence-corrected chi connectivity index (χ3v) is 5.67. The molecule has 0 radical (unpaired) electrons. The highest BCUT2D eigenvalue weighted by Gasteiger charge is 2.23. The molecule has 4 heteroatoms. The number of hydrogen-bond acceptors (Lipinski definition) is 3. The molecule has 1 saturated heterocycles. The molecule has 0 amide bonds. The van der Waals surface area contributed by atoms with Crippen LogP contribution in [0.25, 0.3) is 10.9 Å². The van der Waals surface area contributed by atoms with Crippen LogP contribution in [0.1, 0.15) is 45.8 Å². The van der Waals surface area contributed by atoms with Crippen molar-refractivity contribution in [3.8, 4) is 0 Å². The fraction of sp³-hybridized carbons (Fsp3) is 0.318. The Hall–Kier alpha value is -2.59. The lowest BCUT2D eigenvalue weighted by Crippen LogP contribution is -2.29. The molecule has 4 rings (SSSR count). The van der Waals surface area contributed by atoms with Crippen molar-refractivity contribution in [3.05, 3.63) is 70.9 Å². The van der Waals surface area contributed by atoms with E-state index in [9.17, 15) is 4.79 Å². The van der Waals surface area contributed by atoms with E-state index in [-0.39, 0.29) is 5.78 Å². The van der Waals surface area contributed by atoms with E-state index < -0.39 is 0 Å². The van der Waals surface area contributed by atoms with Gasteiger partial charge in [-0.2, -0.15) is 0 Å². The van der Waals surface area contributed by atoms with Crippen molar-refractivity contribution in [1.29, 1.82) is 0 Å². The Kier molecular flexibility index (Phi) is 4.29. The Bertz CT molecular complexity index is 965. The number of fused-ring (bicyclic) bond motifs is 1. The Morgan fingerprint density at radius 2 is 1.85 bits per heavy atom. The molecule has 0 aliphatic carbocycles. The molecule has 0 spiro atoms. The van der Waals surface area contributed by atoms with Gasteiger partial charge in [0.15, 0.2) is 5.78 Å².